The molecule has 3 unspecified atom stereocenters. The normalized spacial score (nSPS) is 29.6. The summed E-state index contributed by atoms with van der Waals surface area (Å²) >= 11 is 0. The second kappa shape index (κ2) is 5.67. The van der Waals surface area contributed by atoms with Gasteiger partial charge < -0.3 is 15.2 Å². The van der Waals surface area contributed by atoms with Crippen molar-refractivity contribution in [3.8, 4) is 0 Å². The van der Waals surface area contributed by atoms with E-state index in [1.165, 1.54) is 19.8 Å². The first-order valence-electron chi connectivity index (χ1n) is 6.44. The largest absolute Gasteiger partial charge is 0.481 e. The van der Waals surface area contributed by atoms with E-state index in [4.69, 9.17) is 9.84 Å². The minimum atomic E-state index is -1.10. The Hall–Kier alpha value is -1.14. The summed E-state index contributed by atoms with van der Waals surface area (Å²) < 4.78 is 5.68. The zero-order valence-corrected chi connectivity index (χ0v) is 10.6. The molecule has 0 aromatic rings. The van der Waals surface area contributed by atoms with E-state index in [2.05, 4.69) is 10.2 Å². The van der Waals surface area contributed by atoms with Gasteiger partial charge in [-0.1, -0.05) is 0 Å². The predicted molar refractivity (Wildman–Crippen MR) is 64.1 cm³/mol. The van der Waals surface area contributed by atoms with E-state index in [1.807, 2.05) is 0 Å². The lowest BCUT2D eigenvalue weighted by molar-refractivity contribution is -0.146. The van der Waals surface area contributed by atoms with Crippen molar-refractivity contribution >= 4 is 11.9 Å². The van der Waals surface area contributed by atoms with Gasteiger partial charge in [-0.3, -0.25) is 14.5 Å². The minimum Gasteiger partial charge on any atom is -0.481 e. The fraction of sp³-hybridized carbons (Fsp3) is 0.833. The highest BCUT2D eigenvalue weighted by Gasteiger charge is 2.32. The highest BCUT2D eigenvalue weighted by molar-refractivity contribution is 5.96. The van der Waals surface area contributed by atoms with E-state index in [1.54, 1.807) is 0 Å². The fourth-order valence-electron chi connectivity index (χ4n) is 2.49. The van der Waals surface area contributed by atoms with Crippen LogP contribution in [0.25, 0.3) is 0 Å². The zero-order valence-electron chi connectivity index (χ0n) is 10.6. The highest BCUT2D eigenvalue weighted by Crippen LogP contribution is 2.22. The third-order valence-electron chi connectivity index (χ3n) is 3.73. The molecular formula is C12H20N2O4. The van der Waals surface area contributed by atoms with Gasteiger partial charge in [-0.25, -0.2) is 0 Å². The van der Waals surface area contributed by atoms with Gasteiger partial charge in [0, 0.05) is 19.1 Å². The van der Waals surface area contributed by atoms with Crippen LogP contribution < -0.4 is 5.32 Å². The van der Waals surface area contributed by atoms with Crippen LogP contribution in [0.4, 0.5) is 0 Å². The van der Waals surface area contributed by atoms with E-state index < -0.39 is 17.8 Å². The number of carboxylic acids is 1. The standard InChI is InChI=1S/C12H20N2O4/c1-8(12(16)17)11(15)13-5-10-6-14-4-2-3-9(14)7-18-10/h8-10H,2-7H2,1H3,(H,13,15)(H,16,17). The molecule has 0 aliphatic carbocycles. The second-order valence-corrected chi connectivity index (χ2v) is 5.05. The molecule has 2 fully saturated rings. The number of amides is 1. The maximum Gasteiger partial charge on any atom is 0.315 e. The first kappa shape index (κ1) is 13.3. The van der Waals surface area contributed by atoms with Gasteiger partial charge in [-0.2, -0.15) is 0 Å². The van der Waals surface area contributed by atoms with Gasteiger partial charge >= 0.3 is 5.97 Å². The first-order chi connectivity index (χ1) is 8.58. The molecule has 102 valence electrons. The molecule has 2 N–H and O–H groups in total. The van der Waals surface area contributed by atoms with E-state index >= 15 is 0 Å². The molecule has 6 heteroatoms. The molecule has 1 amide bonds. The lowest BCUT2D eigenvalue weighted by Gasteiger charge is -2.35. The van der Waals surface area contributed by atoms with Crippen molar-refractivity contribution in [2.75, 3.05) is 26.2 Å². The Bertz CT molecular complexity index is 334. The molecule has 0 radical (unpaired) electrons. The number of aliphatic carboxylic acids is 1. The number of fused-ring (bicyclic) bond motifs is 1. The molecule has 2 aliphatic heterocycles. The highest BCUT2D eigenvalue weighted by atomic mass is 16.5. The van der Waals surface area contributed by atoms with E-state index in [0.29, 0.717) is 12.6 Å². The second-order valence-electron chi connectivity index (χ2n) is 5.05. The Kier molecular flexibility index (Phi) is 4.19. The minimum absolute atomic E-state index is 0.0238. The van der Waals surface area contributed by atoms with Crippen LogP contribution in [0.5, 0.6) is 0 Å². The molecule has 2 heterocycles. The zero-order chi connectivity index (χ0) is 13.1. The number of carbonyl (C=O) groups is 2. The number of hydrogen-bond donors (Lipinski definition) is 2. The number of carbonyl (C=O) groups excluding carboxylic acids is 1. The molecule has 2 rings (SSSR count). The monoisotopic (exact) mass is 256 g/mol. The van der Waals surface area contributed by atoms with Crippen molar-refractivity contribution in [3.63, 3.8) is 0 Å². The molecule has 6 nitrogen and oxygen atoms in total. The molecule has 0 saturated carbocycles. The maximum absolute atomic E-state index is 11.5. The summed E-state index contributed by atoms with van der Waals surface area (Å²) in [5.74, 6) is -2.56. The number of nitrogens with zero attached hydrogens (tertiary/aromatic N) is 1. The third-order valence-corrected chi connectivity index (χ3v) is 3.73. The van der Waals surface area contributed by atoms with Gasteiger partial charge in [0.15, 0.2) is 0 Å². The molecular weight excluding hydrogens is 236 g/mol. The summed E-state index contributed by atoms with van der Waals surface area (Å²) in [5, 5.41) is 11.4. The molecule has 2 saturated heterocycles. The number of morpholine rings is 1. The number of carboxylic acid groups (broad SMARTS) is 1. The van der Waals surface area contributed by atoms with Crippen LogP contribution in [0.15, 0.2) is 0 Å². The summed E-state index contributed by atoms with van der Waals surface area (Å²) in [5.41, 5.74) is 0. The SMILES string of the molecule is CC(C(=O)O)C(=O)NCC1CN2CCCC2CO1. The lowest BCUT2D eigenvalue weighted by Crippen LogP contribution is -2.50. The fourth-order valence-corrected chi connectivity index (χ4v) is 2.49. The molecule has 0 aromatic heterocycles. The summed E-state index contributed by atoms with van der Waals surface area (Å²) in [4.78, 5) is 24.5. The number of hydrogen-bond acceptors (Lipinski definition) is 4. The van der Waals surface area contributed by atoms with Crippen LogP contribution in [0.1, 0.15) is 19.8 Å². The van der Waals surface area contributed by atoms with Crippen LogP contribution in [0, 0.1) is 5.92 Å². The smallest absolute Gasteiger partial charge is 0.315 e. The van der Waals surface area contributed by atoms with Gasteiger partial charge in [0.2, 0.25) is 5.91 Å². The van der Waals surface area contributed by atoms with Crippen LogP contribution in [0.2, 0.25) is 0 Å². The van der Waals surface area contributed by atoms with Crippen molar-refractivity contribution in [1.29, 1.82) is 0 Å². The van der Waals surface area contributed by atoms with Gasteiger partial charge in [0.25, 0.3) is 0 Å². The van der Waals surface area contributed by atoms with Crippen LogP contribution >= 0.6 is 0 Å². The molecule has 18 heavy (non-hydrogen) atoms. The number of nitrogens with one attached hydrogen (secondary N) is 1. The number of ether oxygens (including phenoxy) is 1. The van der Waals surface area contributed by atoms with E-state index in [9.17, 15) is 9.59 Å². The first-order valence-corrected chi connectivity index (χ1v) is 6.44. The maximum atomic E-state index is 11.5. The topological polar surface area (TPSA) is 78.9 Å². The van der Waals surface area contributed by atoms with Gasteiger partial charge in [-0.05, 0) is 26.3 Å². The molecule has 0 spiro atoms. The molecule has 3 atom stereocenters. The lowest BCUT2D eigenvalue weighted by atomic mass is 10.1. The third kappa shape index (κ3) is 3.00. The van der Waals surface area contributed by atoms with Crippen LogP contribution in [-0.2, 0) is 14.3 Å². The Balaban J connectivity index is 1.74. The van der Waals surface area contributed by atoms with Crippen molar-refractivity contribution in [1.82, 2.24) is 10.2 Å². The van der Waals surface area contributed by atoms with Crippen molar-refractivity contribution in [2.45, 2.75) is 31.9 Å². The summed E-state index contributed by atoms with van der Waals surface area (Å²) in [6.07, 6.45) is 2.38. The molecule has 2 aliphatic rings. The molecule has 0 bridgehead atoms. The summed E-state index contributed by atoms with van der Waals surface area (Å²) in [6.45, 7) is 4.42. The summed E-state index contributed by atoms with van der Waals surface area (Å²) in [6, 6.07) is 0.537. The average molecular weight is 256 g/mol. The Morgan fingerprint density at radius 2 is 2.33 bits per heavy atom. The van der Waals surface area contributed by atoms with Gasteiger partial charge in [-0.15, -0.1) is 0 Å². The van der Waals surface area contributed by atoms with Crippen molar-refractivity contribution in [2.24, 2.45) is 5.92 Å². The van der Waals surface area contributed by atoms with Crippen molar-refractivity contribution in [3.05, 3.63) is 0 Å². The predicted octanol–water partition coefficient (Wildman–Crippen LogP) is -0.313. The summed E-state index contributed by atoms with van der Waals surface area (Å²) in [7, 11) is 0. The van der Waals surface area contributed by atoms with Gasteiger partial charge in [0.05, 0.1) is 12.7 Å². The average Bonchev–Trinajstić information content (AvgIpc) is 2.82. The quantitative estimate of drug-likeness (QED) is 0.674. The number of rotatable bonds is 4. The van der Waals surface area contributed by atoms with Crippen LogP contribution in [-0.4, -0.2) is 60.3 Å². The Labute approximate surface area is 106 Å². The van der Waals surface area contributed by atoms with E-state index in [0.717, 1.165) is 19.7 Å². The van der Waals surface area contributed by atoms with Gasteiger partial charge in [0.1, 0.15) is 5.92 Å². The van der Waals surface area contributed by atoms with Crippen molar-refractivity contribution < 1.29 is 19.4 Å². The Morgan fingerprint density at radius 3 is 3.06 bits per heavy atom. The molecule has 0 aromatic carbocycles. The Morgan fingerprint density at radius 1 is 1.56 bits per heavy atom. The van der Waals surface area contributed by atoms with Crippen LogP contribution in [0.3, 0.4) is 0 Å². The van der Waals surface area contributed by atoms with E-state index in [-0.39, 0.29) is 6.10 Å².